The first-order valence-corrected chi connectivity index (χ1v) is 13.7. The predicted octanol–water partition coefficient (Wildman–Crippen LogP) is 7.12. The summed E-state index contributed by atoms with van der Waals surface area (Å²) in [6.45, 7) is 5.08. The monoisotopic (exact) mass is 524 g/mol. The number of likely N-dealkylation sites (tertiary alicyclic amines) is 1. The number of furan rings is 1. The first-order valence-electron chi connectivity index (χ1n) is 12.7. The highest BCUT2D eigenvalue weighted by Gasteiger charge is 2.28. The summed E-state index contributed by atoms with van der Waals surface area (Å²) in [5, 5.41) is 10.3. The van der Waals surface area contributed by atoms with Crippen LogP contribution in [0.4, 0.5) is 8.78 Å². The lowest BCUT2D eigenvalue weighted by Gasteiger charge is -2.32. The SMILES string of the molecule is CCc1c(C2CCN(CCCSc3ccc(F)cc3)CC2)c2ccc(F)cc2n1-c1ccc(C(=O)O)o1. The van der Waals surface area contributed by atoms with Crippen LogP contribution in [0.25, 0.3) is 16.8 Å². The van der Waals surface area contributed by atoms with Crippen LogP contribution in [0, 0.1) is 11.6 Å². The third-order valence-electron chi connectivity index (χ3n) is 7.13. The van der Waals surface area contributed by atoms with Crippen molar-refractivity contribution in [3.8, 4) is 5.88 Å². The Kier molecular flexibility index (Phi) is 7.67. The minimum atomic E-state index is -1.13. The molecule has 8 heteroatoms. The number of aromatic nitrogens is 1. The highest BCUT2D eigenvalue weighted by molar-refractivity contribution is 7.99. The molecule has 1 N–H and O–H groups in total. The van der Waals surface area contributed by atoms with Gasteiger partial charge in [0.05, 0.1) is 5.52 Å². The maximum absolute atomic E-state index is 14.3. The second-order valence-electron chi connectivity index (χ2n) is 9.43. The maximum Gasteiger partial charge on any atom is 0.371 e. The summed E-state index contributed by atoms with van der Waals surface area (Å²) in [5.41, 5.74) is 2.97. The molecule has 0 aliphatic carbocycles. The molecule has 5 nitrogen and oxygen atoms in total. The number of piperidine rings is 1. The number of hydrogen-bond donors (Lipinski definition) is 1. The molecule has 1 aliphatic rings. The van der Waals surface area contributed by atoms with Crippen LogP contribution in [0.1, 0.15) is 53.9 Å². The molecule has 194 valence electrons. The van der Waals surface area contributed by atoms with E-state index in [1.54, 1.807) is 17.8 Å². The molecule has 0 saturated carbocycles. The smallest absolute Gasteiger partial charge is 0.371 e. The molecule has 0 amide bonds. The van der Waals surface area contributed by atoms with Gasteiger partial charge in [-0.3, -0.25) is 4.57 Å². The van der Waals surface area contributed by atoms with Gasteiger partial charge in [0.2, 0.25) is 11.6 Å². The largest absolute Gasteiger partial charge is 0.475 e. The van der Waals surface area contributed by atoms with Gasteiger partial charge in [-0.05, 0) is 111 Å². The van der Waals surface area contributed by atoms with Crippen LogP contribution in [-0.2, 0) is 6.42 Å². The molecule has 1 aliphatic heterocycles. The molecule has 0 unspecified atom stereocenters. The highest BCUT2D eigenvalue weighted by atomic mass is 32.2. The van der Waals surface area contributed by atoms with Gasteiger partial charge in [-0.2, -0.15) is 0 Å². The number of halogens is 2. The van der Waals surface area contributed by atoms with Crippen molar-refractivity contribution in [3.05, 3.63) is 83.2 Å². The molecule has 3 heterocycles. The van der Waals surface area contributed by atoms with E-state index in [1.807, 2.05) is 22.8 Å². The van der Waals surface area contributed by atoms with E-state index in [1.165, 1.54) is 35.9 Å². The first-order chi connectivity index (χ1) is 17.9. The van der Waals surface area contributed by atoms with Crippen LogP contribution in [0.15, 0.2) is 63.9 Å². The van der Waals surface area contributed by atoms with Gasteiger partial charge < -0.3 is 14.4 Å². The van der Waals surface area contributed by atoms with Crippen molar-refractivity contribution in [2.24, 2.45) is 0 Å². The molecule has 0 bridgehead atoms. The number of aromatic carboxylic acids is 1. The van der Waals surface area contributed by atoms with Gasteiger partial charge in [-0.25, -0.2) is 13.6 Å². The summed E-state index contributed by atoms with van der Waals surface area (Å²) >= 11 is 1.75. The van der Waals surface area contributed by atoms with Crippen LogP contribution in [-0.4, -0.2) is 45.9 Å². The highest BCUT2D eigenvalue weighted by Crippen LogP contribution is 2.40. The topological polar surface area (TPSA) is 58.6 Å². The summed E-state index contributed by atoms with van der Waals surface area (Å²) < 4.78 is 34.9. The van der Waals surface area contributed by atoms with Crippen molar-refractivity contribution in [1.82, 2.24) is 9.47 Å². The Morgan fingerprint density at radius 2 is 1.78 bits per heavy atom. The Morgan fingerprint density at radius 1 is 1.05 bits per heavy atom. The summed E-state index contributed by atoms with van der Waals surface area (Å²) in [4.78, 5) is 15.0. The van der Waals surface area contributed by atoms with Crippen molar-refractivity contribution in [2.75, 3.05) is 25.4 Å². The maximum atomic E-state index is 14.3. The summed E-state index contributed by atoms with van der Waals surface area (Å²) in [7, 11) is 0. The number of carboxylic acid groups (broad SMARTS) is 1. The number of thioether (sulfide) groups is 1. The third kappa shape index (κ3) is 5.45. The van der Waals surface area contributed by atoms with E-state index < -0.39 is 5.97 Å². The van der Waals surface area contributed by atoms with Gasteiger partial charge in [-0.1, -0.05) is 6.92 Å². The fourth-order valence-corrected chi connectivity index (χ4v) is 6.25. The molecule has 5 rings (SSSR count). The molecule has 1 fully saturated rings. The molecule has 2 aromatic carbocycles. The number of rotatable bonds is 9. The molecule has 37 heavy (non-hydrogen) atoms. The van der Waals surface area contributed by atoms with Gasteiger partial charge in [0.25, 0.3) is 0 Å². The average Bonchev–Trinajstić information content (AvgIpc) is 3.50. The number of benzene rings is 2. The number of hydrogen-bond acceptors (Lipinski definition) is 4. The zero-order valence-electron chi connectivity index (χ0n) is 20.8. The van der Waals surface area contributed by atoms with E-state index in [0.717, 1.165) is 67.0 Å². The molecule has 4 aromatic rings. The van der Waals surface area contributed by atoms with Crippen molar-refractivity contribution >= 4 is 28.6 Å². The molecule has 1 saturated heterocycles. The molecule has 0 radical (unpaired) electrons. The minimum absolute atomic E-state index is 0.136. The van der Waals surface area contributed by atoms with Crippen molar-refractivity contribution < 1.29 is 23.1 Å². The first kappa shape index (κ1) is 25.5. The van der Waals surface area contributed by atoms with Gasteiger partial charge >= 0.3 is 5.97 Å². The molecular weight excluding hydrogens is 494 g/mol. The van der Waals surface area contributed by atoms with Crippen LogP contribution in [0.2, 0.25) is 0 Å². The van der Waals surface area contributed by atoms with E-state index in [0.29, 0.717) is 17.3 Å². The lowest BCUT2D eigenvalue weighted by Crippen LogP contribution is -2.34. The fraction of sp³-hybridized carbons (Fsp3) is 0.345. The van der Waals surface area contributed by atoms with E-state index in [-0.39, 0.29) is 17.4 Å². The van der Waals surface area contributed by atoms with Gasteiger partial charge in [-0.15, -0.1) is 11.8 Å². The fourth-order valence-electron chi connectivity index (χ4n) is 5.41. The van der Waals surface area contributed by atoms with Crippen LogP contribution < -0.4 is 0 Å². The standard InChI is InChI=1S/C29H30F2N2O3S/c1-2-24-28(19-12-15-32(16-13-19)14-3-17-37-22-7-4-20(30)5-8-22)23-9-6-21(31)18-25(23)33(24)27-11-10-26(36-27)29(34)35/h4-11,18-19H,2-3,12-17H2,1H3,(H,34,35). The van der Waals surface area contributed by atoms with Crippen LogP contribution >= 0.6 is 11.8 Å². The quantitative estimate of drug-likeness (QED) is 0.187. The van der Waals surface area contributed by atoms with Crippen molar-refractivity contribution in [1.29, 1.82) is 0 Å². The molecule has 0 atom stereocenters. The normalized spacial score (nSPS) is 15.0. The van der Waals surface area contributed by atoms with Crippen LogP contribution in [0.5, 0.6) is 0 Å². The van der Waals surface area contributed by atoms with Crippen molar-refractivity contribution in [3.63, 3.8) is 0 Å². The number of nitrogens with zero attached hydrogens (tertiary/aromatic N) is 2. The summed E-state index contributed by atoms with van der Waals surface area (Å²) in [6, 6.07) is 14.6. The number of carboxylic acids is 1. The average molecular weight is 525 g/mol. The zero-order chi connectivity index (χ0) is 25.9. The number of carbonyl (C=O) groups is 1. The van der Waals surface area contributed by atoms with E-state index in [4.69, 9.17) is 4.42 Å². The van der Waals surface area contributed by atoms with Gasteiger partial charge in [0.1, 0.15) is 11.6 Å². The lowest BCUT2D eigenvalue weighted by atomic mass is 9.87. The number of fused-ring (bicyclic) bond motifs is 1. The van der Waals surface area contributed by atoms with Gasteiger partial charge in [0.15, 0.2) is 0 Å². The van der Waals surface area contributed by atoms with E-state index >= 15 is 0 Å². The Bertz CT molecular complexity index is 1390. The molecule has 0 spiro atoms. The van der Waals surface area contributed by atoms with Gasteiger partial charge in [0, 0.05) is 22.0 Å². The Morgan fingerprint density at radius 3 is 2.46 bits per heavy atom. The second-order valence-corrected chi connectivity index (χ2v) is 10.6. The molecular formula is C29H30F2N2O3S. The Labute approximate surface area is 219 Å². The summed E-state index contributed by atoms with van der Waals surface area (Å²) in [6.07, 6.45) is 3.80. The lowest BCUT2D eigenvalue weighted by molar-refractivity contribution is 0.0662. The van der Waals surface area contributed by atoms with E-state index in [2.05, 4.69) is 11.8 Å². The third-order valence-corrected chi connectivity index (χ3v) is 8.22. The Hall–Kier alpha value is -3.10. The minimum Gasteiger partial charge on any atom is -0.475 e. The Balaban J connectivity index is 1.30. The van der Waals surface area contributed by atoms with E-state index in [9.17, 15) is 18.7 Å². The predicted molar refractivity (Wildman–Crippen MR) is 142 cm³/mol. The molecule has 2 aromatic heterocycles. The van der Waals surface area contributed by atoms with Crippen molar-refractivity contribution in [2.45, 2.75) is 43.4 Å². The second kappa shape index (κ2) is 11.1. The summed E-state index contributed by atoms with van der Waals surface area (Å²) in [5.74, 6) is -0.0837. The van der Waals surface area contributed by atoms with Crippen LogP contribution in [0.3, 0.4) is 0 Å². The zero-order valence-corrected chi connectivity index (χ0v) is 21.6.